The number of aromatic nitrogens is 3. The highest BCUT2D eigenvalue weighted by atomic mass is 79.9. The van der Waals surface area contributed by atoms with E-state index in [1.54, 1.807) is 6.20 Å². The normalized spacial score (nSPS) is 11.2. The van der Waals surface area contributed by atoms with Crippen molar-refractivity contribution in [1.82, 2.24) is 25.0 Å². The summed E-state index contributed by atoms with van der Waals surface area (Å²) in [6.45, 7) is 6.19. The van der Waals surface area contributed by atoms with E-state index in [2.05, 4.69) is 50.4 Å². The van der Waals surface area contributed by atoms with Crippen molar-refractivity contribution < 1.29 is 4.79 Å². The predicted octanol–water partition coefficient (Wildman–Crippen LogP) is 1.74. The smallest absolute Gasteiger partial charge is 0.221 e. The average molecular weight is 354 g/mol. The Morgan fingerprint density at radius 2 is 2.19 bits per heavy atom. The molecule has 21 heavy (non-hydrogen) atoms. The summed E-state index contributed by atoms with van der Waals surface area (Å²) < 4.78 is 2.74. The van der Waals surface area contributed by atoms with Crippen LogP contribution in [0.3, 0.4) is 0 Å². The van der Waals surface area contributed by atoms with Crippen LogP contribution in [0.5, 0.6) is 0 Å². The van der Waals surface area contributed by atoms with Gasteiger partial charge in [0.25, 0.3) is 0 Å². The standard InChI is InChI=1S/C14H20BrN5O/c1-10(2)5-19-14(21)3-4-16-6-11-7-18-13-8-17-12(15)9-20(11)13/h7-10,16H,3-6H2,1-2H3,(H,19,21). The van der Waals surface area contributed by atoms with E-state index < -0.39 is 0 Å². The number of carbonyl (C=O) groups excluding carboxylic acids is 1. The molecule has 0 aliphatic rings. The molecule has 2 rings (SSSR count). The second-order valence-corrected chi connectivity index (χ2v) is 6.12. The highest BCUT2D eigenvalue weighted by Gasteiger charge is 2.05. The number of amides is 1. The number of hydrogen-bond donors (Lipinski definition) is 2. The first-order chi connectivity index (χ1) is 10.1. The molecule has 0 aliphatic carbocycles. The highest BCUT2D eigenvalue weighted by Crippen LogP contribution is 2.10. The summed E-state index contributed by atoms with van der Waals surface area (Å²) in [5.41, 5.74) is 1.85. The molecule has 2 heterocycles. The largest absolute Gasteiger partial charge is 0.356 e. The Kier molecular flexibility index (Phi) is 5.69. The molecule has 7 heteroatoms. The summed E-state index contributed by atoms with van der Waals surface area (Å²) >= 11 is 3.35. The topological polar surface area (TPSA) is 71.3 Å². The summed E-state index contributed by atoms with van der Waals surface area (Å²) in [6, 6.07) is 0. The number of nitrogens with one attached hydrogen (secondary N) is 2. The van der Waals surface area contributed by atoms with E-state index in [9.17, 15) is 4.79 Å². The van der Waals surface area contributed by atoms with Crippen molar-refractivity contribution in [2.24, 2.45) is 5.92 Å². The van der Waals surface area contributed by atoms with Crippen LogP contribution in [0.25, 0.3) is 5.65 Å². The van der Waals surface area contributed by atoms with Crippen LogP contribution in [0, 0.1) is 5.92 Å². The van der Waals surface area contributed by atoms with Crippen molar-refractivity contribution in [2.75, 3.05) is 13.1 Å². The van der Waals surface area contributed by atoms with Gasteiger partial charge in [0.1, 0.15) is 4.60 Å². The lowest BCUT2D eigenvalue weighted by Crippen LogP contribution is -2.30. The van der Waals surface area contributed by atoms with E-state index in [1.165, 1.54) is 0 Å². The summed E-state index contributed by atoms with van der Waals surface area (Å²) in [5, 5.41) is 6.16. The fraction of sp³-hybridized carbons (Fsp3) is 0.500. The summed E-state index contributed by atoms with van der Waals surface area (Å²) in [6.07, 6.45) is 5.89. The minimum atomic E-state index is 0.0845. The van der Waals surface area contributed by atoms with Gasteiger partial charge in [-0.1, -0.05) is 13.8 Å². The first kappa shape index (κ1) is 15.9. The molecule has 0 saturated carbocycles. The lowest BCUT2D eigenvalue weighted by molar-refractivity contribution is -0.121. The SMILES string of the molecule is CC(C)CNC(=O)CCNCc1cnc2cnc(Br)cn12. The Labute approximate surface area is 132 Å². The van der Waals surface area contributed by atoms with Crippen LogP contribution in [-0.2, 0) is 11.3 Å². The van der Waals surface area contributed by atoms with Crippen LogP contribution in [0.4, 0.5) is 0 Å². The molecular formula is C14H20BrN5O. The second-order valence-electron chi connectivity index (χ2n) is 5.31. The second kappa shape index (κ2) is 7.51. The molecule has 0 fully saturated rings. The van der Waals surface area contributed by atoms with Gasteiger partial charge in [-0.05, 0) is 21.8 Å². The molecule has 0 spiro atoms. The van der Waals surface area contributed by atoms with Crippen LogP contribution in [0.2, 0.25) is 0 Å². The zero-order valence-corrected chi connectivity index (χ0v) is 13.9. The molecule has 114 valence electrons. The van der Waals surface area contributed by atoms with Gasteiger partial charge in [0.05, 0.1) is 18.1 Å². The average Bonchev–Trinajstić information content (AvgIpc) is 2.83. The van der Waals surface area contributed by atoms with Gasteiger partial charge in [-0.15, -0.1) is 0 Å². The molecule has 0 saturated heterocycles. The first-order valence-electron chi connectivity index (χ1n) is 7.01. The third-order valence-electron chi connectivity index (χ3n) is 2.98. The van der Waals surface area contributed by atoms with Crippen molar-refractivity contribution in [3.63, 3.8) is 0 Å². The number of hydrogen-bond acceptors (Lipinski definition) is 4. The summed E-state index contributed by atoms with van der Waals surface area (Å²) in [4.78, 5) is 20.0. The third-order valence-corrected chi connectivity index (χ3v) is 3.39. The molecule has 0 unspecified atom stereocenters. The van der Waals surface area contributed by atoms with Crippen LogP contribution in [0.15, 0.2) is 23.2 Å². The summed E-state index contributed by atoms with van der Waals surface area (Å²) in [5.74, 6) is 0.563. The maximum absolute atomic E-state index is 11.6. The Morgan fingerprint density at radius 1 is 1.38 bits per heavy atom. The molecule has 6 nitrogen and oxygen atoms in total. The van der Waals surface area contributed by atoms with E-state index >= 15 is 0 Å². The van der Waals surface area contributed by atoms with Gasteiger partial charge in [0.15, 0.2) is 5.65 Å². The molecule has 0 aliphatic heterocycles. The number of halogens is 1. The van der Waals surface area contributed by atoms with Crippen molar-refractivity contribution >= 4 is 27.5 Å². The van der Waals surface area contributed by atoms with Gasteiger partial charge in [-0.25, -0.2) is 9.97 Å². The number of carbonyl (C=O) groups is 1. The minimum absolute atomic E-state index is 0.0845. The molecule has 0 aromatic carbocycles. The Bertz CT molecular complexity index is 610. The Morgan fingerprint density at radius 3 is 2.95 bits per heavy atom. The molecule has 0 radical (unpaired) electrons. The van der Waals surface area contributed by atoms with E-state index in [0.29, 0.717) is 25.4 Å². The van der Waals surface area contributed by atoms with Crippen LogP contribution in [-0.4, -0.2) is 33.4 Å². The number of fused-ring (bicyclic) bond motifs is 1. The van der Waals surface area contributed by atoms with Gasteiger partial charge < -0.3 is 10.6 Å². The van der Waals surface area contributed by atoms with Crippen LogP contribution < -0.4 is 10.6 Å². The van der Waals surface area contributed by atoms with Crippen molar-refractivity contribution in [3.05, 3.63) is 28.9 Å². The van der Waals surface area contributed by atoms with Gasteiger partial charge in [0.2, 0.25) is 5.91 Å². The fourth-order valence-corrected chi connectivity index (χ4v) is 2.18. The van der Waals surface area contributed by atoms with Crippen LogP contribution >= 0.6 is 15.9 Å². The quantitative estimate of drug-likeness (QED) is 0.743. The van der Waals surface area contributed by atoms with E-state index in [0.717, 1.165) is 22.5 Å². The Hall–Kier alpha value is -1.47. The molecule has 2 aromatic heterocycles. The molecule has 0 bridgehead atoms. The van der Waals surface area contributed by atoms with Crippen molar-refractivity contribution in [2.45, 2.75) is 26.8 Å². The highest BCUT2D eigenvalue weighted by molar-refractivity contribution is 9.10. The first-order valence-corrected chi connectivity index (χ1v) is 7.80. The van der Waals surface area contributed by atoms with E-state index in [-0.39, 0.29) is 5.91 Å². The molecule has 2 N–H and O–H groups in total. The van der Waals surface area contributed by atoms with Crippen LogP contribution in [0.1, 0.15) is 26.0 Å². The number of nitrogens with zero attached hydrogens (tertiary/aromatic N) is 3. The predicted molar refractivity (Wildman–Crippen MR) is 84.9 cm³/mol. The molecule has 1 amide bonds. The fourth-order valence-electron chi connectivity index (χ4n) is 1.87. The lowest BCUT2D eigenvalue weighted by atomic mass is 10.2. The van der Waals surface area contributed by atoms with Gasteiger partial charge in [0, 0.05) is 32.3 Å². The molecular weight excluding hydrogens is 334 g/mol. The van der Waals surface area contributed by atoms with Crippen molar-refractivity contribution in [3.8, 4) is 0 Å². The maximum Gasteiger partial charge on any atom is 0.221 e. The lowest BCUT2D eigenvalue weighted by Gasteiger charge is -2.08. The monoisotopic (exact) mass is 353 g/mol. The number of rotatable bonds is 7. The van der Waals surface area contributed by atoms with E-state index in [1.807, 2.05) is 16.8 Å². The van der Waals surface area contributed by atoms with Gasteiger partial charge in [-0.2, -0.15) is 0 Å². The maximum atomic E-state index is 11.6. The Balaban J connectivity index is 1.78. The minimum Gasteiger partial charge on any atom is -0.356 e. The van der Waals surface area contributed by atoms with E-state index in [4.69, 9.17) is 0 Å². The number of imidazole rings is 1. The van der Waals surface area contributed by atoms with Gasteiger partial charge in [-0.3, -0.25) is 9.20 Å². The zero-order valence-electron chi connectivity index (χ0n) is 12.3. The molecule has 0 atom stereocenters. The molecule has 2 aromatic rings. The third kappa shape index (κ3) is 4.78. The zero-order chi connectivity index (χ0) is 15.2. The summed E-state index contributed by atoms with van der Waals surface area (Å²) in [7, 11) is 0. The van der Waals surface area contributed by atoms with Gasteiger partial charge >= 0.3 is 0 Å². The van der Waals surface area contributed by atoms with Crippen molar-refractivity contribution in [1.29, 1.82) is 0 Å².